The van der Waals surface area contributed by atoms with E-state index in [0.717, 1.165) is 6.42 Å². The van der Waals surface area contributed by atoms with E-state index in [1.807, 2.05) is 17.9 Å². The summed E-state index contributed by atoms with van der Waals surface area (Å²) in [6.45, 7) is 3.63. The molecule has 1 aliphatic rings. The van der Waals surface area contributed by atoms with Crippen LogP contribution in [-0.4, -0.2) is 42.8 Å². The quantitative estimate of drug-likeness (QED) is 0.677. The summed E-state index contributed by atoms with van der Waals surface area (Å²) in [5.41, 5.74) is 0. The Morgan fingerprint density at radius 1 is 1.69 bits per heavy atom. The highest BCUT2D eigenvalue weighted by Gasteiger charge is 2.26. The second kappa shape index (κ2) is 6.23. The zero-order valence-electron chi connectivity index (χ0n) is 9.53. The highest BCUT2D eigenvalue weighted by atomic mass is 16.2. The minimum atomic E-state index is -0.147. The molecule has 0 bridgehead atoms. The Bertz CT molecular complexity index is 309. The number of nitrogens with zero attached hydrogens (tertiary/aromatic N) is 2. The molecule has 0 aromatic heterocycles. The van der Waals surface area contributed by atoms with Crippen LogP contribution < -0.4 is 5.32 Å². The highest BCUT2D eigenvalue weighted by molar-refractivity contribution is 5.83. The van der Waals surface area contributed by atoms with E-state index in [2.05, 4.69) is 5.32 Å². The topological polar surface area (TPSA) is 73.2 Å². The number of nitrogens with one attached hydrogen (secondary N) is 1. The summed E-state index contributed by atoms with van der Waals surface area (Å²) >= 11 is 0. The molecular weight excluding hydrogens is 206 g/mol. The molecule has 0 aromatic rings. The van der Waals surface area contributed by atoms with Gasteiger partial charge in [0.15, 0.2) is 0 Å². The Labute approximate surface area is 95.4 Å². The van der Waals surface area contributed by atoms with Gasteiger partial charge in [-0.2, -0.15) is 5.26 Å². The Hall–Kier alpha value is -1.41. The lowest BCUT2D eigenvalue weighted by Gasteiger charge is -2.30. The molecule has 88 valence electrons. The van der Waals surface area contributed by atoms with Gasteiger partial charge in [-0.05, 0) is 6.42 Å². The number of piperidine rings is 1. The number of Topliss-reactive ketones (excluding diaryl/α,β-unsaturated/α-hetero) is 1. The molecule has 1 saturated heterocycles. The van der Waals surface area contributed by atoms with E-state index in [9.17, 15) is 9.59 Å². The SMILES string of the molecule is CCC1CN(CC(=O)NCC#N)CCC1=O. The average Bonchev–Trinajstić information content (AvgIpc) is 2.29. The molecule has 0 spiro atoms. The summed E-state index contributed by atoms with van der Waals surface area (Å²) in [6, 6.07) is 1.86. The van der Waals surface area contributed by atoms with Gasteiger partial charge in [-0.15, -0.1) is 0 Å². The number of rotatable bonds is 4. The first-order valence-corrected chi connectivity index (χ1v) is 5.56. The first kappa shape index (κ1) is 12.7. The normalized spacial score (nSPS) is 21.5. The molecule has 0 radical (unpaired) electrons. The molecule has 1 heterocycles. The van der Waals surface area contributed by atoms with Crippen LogP contribution in [0.4, 0.5) is 0 Å². The Kier molecular flexibility index (Phi) is 4.93. The van der Waals surface area contributed by atoms with E-state index in [1.54, 1.807) is 0 Å². The fourth-order valence-corrected chi connectivity index (χ4v) is 1.87. The molecule has 1 fully saturated rings. The molecule has 1 aliphatic heterocycles. The van der Waals surface area contributed by atoms with Crippen LogP contribution in [0.25, 0.3) is 0 Å². The molecular formula is C11H17N3O2. The van der Waals surface area contributed by atoms with E-state index in [0.29, 0.717) is 25.3 Å². The first-order chi connectivity index (χ1) is 7.67. The van der Waals surface area contributed by atoms with Gasteiger partial charge in [0.05, 0.1) is 12.6 Å². The molecule has 0 aliphatic carbocycles. The summed E-state index contributed by atoms with van der Waals surface area (Å²) < 4.78 is 0. The molecule has 5 heteroatoms. The van der Waals surface area contributed by atoms with Crippen molar-refractivity contribution in [3.05, 3.63) is 0 Å². The molecule has 1 unspecified atom stereocenters. The second-order valence-electron chi connectivity index (χ2n) is 3.99. The van der Waals surface area contributed by atoms with E-state index in [1.165, 1.54) is 0 Å². The second-order valence-corrected chi connectivity index (χ2v) is 3.99. The van der Waals surface area contributed by atoms with Crippen molar-refractivity contribution in [1.29, 1.82) is 5.26 Å². The van der Waals surface area contributed by atoms with Crippen molar-refractivity contribution in [2.45, 2.75) is 19.8 Å². The Morgan fingerprint density at radius 3 is 3.06 bits per heavy atom. The van der Waals surface area contributed by atoms with Gasteiger partial charge in [0.25, 0.3) is 0 Å². The molecule has 0 saturated carbocycles. The number of hydrogen-bond acceptors (Lipinski definition) is 4. The van der Waals surface area contributed by atoms with Gasteiger partial charge >= 0.3 is 0 Å². The monoisotopic (exact) mass is 223 g/mol. The average molecular weight is 223 g/mol. The number of carbonyl (C=O) groups is 2. The molecule has 5 nitrogen and oxygen atoms in total. The highest BCUT2D eigenvalue weighted by Crippen LogP contribution is 2.15. The van der Waals surface area contributed by atoms with Crippen LogP contribution >= 0.6 is 0 Å². The standard InChI is InChI=1S/C11H17N3O2/c1-2-9-7-14(6-3-10(9)15)8-11(16)13-5-4-12/h9H,2-3,5-8H2,1H3,(H,13,16). The lowest BCUT2D eigenvalue weighted by molar-refractivity contribution is -0.129. The number of hydrogen-bond donors (Lipinski definition) is 1. The van der Waals surface area contributed by atoms with Crippen LogP contribution in [0.2, 0.25) is 0 Å². The molecule has 1 atom stereocenters. The van der Waals surface area contributed by atoms with E-state index in [4.69, 9.17) is 5.26 Å². The van der Waals surface area contributed by atoms with Gasteiger partial charge in [-0.1, -0.05) is 6.92 Å². The van der Waals surface area contributed by atoms with Crippen LogP contribution in [-0.2, 0) is 9.59 Å². The molecule has 1 N–H and O–H groups in total. The Morgan fingerprint density at radius 2 is 2.44 bits per heavy atom. The molecule has 1 rings (SSSR count). The van der Waals surface area contributed by atoms with Gasteiger partial charge in [-0.25, -0.2) is 0 Å². The van der Waals surface area contributed by atoms with Crippen molar-refractivity contribution in [2.24, 2.45) is 5.92 Å². The fraction of sp³-hybridized carbons (Fsp3) is 0.727. The summed E-state index contributed by atoms with van der Waals surface area (Å²) in [6.07, 6.45) is 1.36. The number of ketones is 1. The minimum Gasteiger partial charge on any atom is -0.342 e. The van der Waals surface area contributed by atoms with Crippen LogP contribution in [0.1, 0.15) is 19.8 Å². The van der Waals surface area contributed by atoms with Crippen LogP contribution in [0.5, 0.6) is 0 Å². The zero-order valence-corrected chi connectivity index (χ0v) is 9.53. The third-order valence-electron chi connectivity index (χ3n) is 2.83. The van der Waals surface area contributed by atoms with Crippen molar-refractivity contribution in [2.75, 3.05) is 26.2 Å². The molecule has 0 aromatic carbocycles. The summed E-state index contributed by atoms with van der Waals surface area (Å²) in [7, 11) is 0. The van der Waals surface area contributed by atoms with E-state index >= 15 is 0 Å². The number of carbonyl (C=O) groups excluding carboxylic acids is 2. The Balaban J connectivity index is 2.36. The third kappa shape index (κ3) is 3.63. The first-order valence-electron chi connectivity index (χ1n) is 5.56. The van der Waals surface area contributed by atoms with Crippen molar-refractivity contribution in [1.82, 2.24) is 10.2 Å². The van der Waals surface area contributed by atoms with Crippen LogP contribution in [0, 0.1) is 17.2 Å². The molecule has 16 heavy (non-hydrogen) atoms. The third-order valence-corrected chi connectivity index (χ3v) is 2.83. The van der Waals surface area contributed by atoms with Crippen LogP contribution in [0.3, 0.4) is 0 Å². The smallest absolute Gasteiger partial charge is 0.235 e. The van der Waals surface area contributed by atoms with E-state index in [-0.39, 0.29) is 24.9 Å². The van der Waals surface area contributed by atoms with Crippen molar-refractivity contribution >= 4 is 11.7 Å². The maximum Gasteiger partial charge on any atom is 0.235 e. The van der Waals surface area contributed by atoms with Gasteiger partial charge in [0, 0.05) is 25.4 Å². The van der Waals surface area contributed by atoms with Crippen molar-refractivity contribution in [3.63, 3.8) is 0 Å². The zero-order chi connectivity index (χ0) is 12.0. The maximum atomic E-state index is 11.5. The van der Waals surface area contributed by atoms with Gasteiger partial charge in [-0.3, -0.25) is 14.5 Å². The predicted molar refractivity (Wildman–Crippen MR) is 58.5 cm³/mol. The van der Waals surface area contributed by atoms with Gasteiger partial charge in [0.2, 0.25) is 5.91 Å². The lowest BCUT2D eigenvalue weighted by atomic mass is 9.94. The van der Waals surface area contributed by atoms with Crippen LogP contribution in [0.15, 0.2) is 0 Å². The summed E-state index contributed by atoms with van der Waals surface area (Å²) in [5.74, 6) is 0.222. The summed E-state index contributed by atoms with van der Waals surface area (Å²) in [4.78, 5) is 24.8. The lowest BCUT2D eigenvalue weighted by Crippen LogP contribution is -2.45. The van der Waals surface area contributed by atoms with Gasteiger partial charge in [0.1, 0.15) is 12.3 Å². The fourth-order valence-electron chi connectivity index (χ4n) is 1.87. The largest absolute Gasteiger partial charge is 0.342 e. The van der Waals surface area contributed by atoms with Gasteiger partial charge < -0.3 is 5.32 Å². The number of nitriles is 1. The predicted octanol–water partition coefficient (Wildman–Crippen LogP) is -0.0728. The van der Waals surface area contributed by atoms with E-state index < -0.39 is 0 Å². The minimum absolute atomic E-state index is 0.0445. The number of likely N-dealkylation sites (tertiary alicyclic amines) is 1. The van der Waals surface area contributed by atoms with Crippen molar-refractivity contribution < 1.29 is 9.59 Å². The molecule has 1 amide bonds. The number of amides is 1. The van der Waals surface area contributed by atoms with Crippen molar-refractivity contribution in [3.8, 4) is 6.07 Å². The summed E-state index contributed by atoms with van der Waals surface area (Å²) in [5, 5.41) is 10.8. The maximum absolute atomic E-state index is 11.5.